The number of ether oxygens (including phenoxy) is 1. The van der Waals surface area contributed by atoms with Crippen LogP contribution >= 0.6 is 0 Å². The summed E-state index contributed by atoms with van der Waals surface area (Å²) in [6.45, 7) is 8.62. The number of nitrogens with one attached hydrogen (secondary N) is 1. The number of carbonyl (C=O) groups is 1. The molecule has 1 saturated heterocycles. The molecule has 5 heteroatoms. The normalized spacial score (nSPS) is 16.6. The molecule has 0 aromatic carbocycles. The predicted molar refractivity (Wildman–Crippen MR) is 89.2 cm³/mol. The Hall–Kier alpha value is -1.62. The minimum absolute atomic E-state index is 0.131. The third-order valence-corrected chi connectivity index (χ3v) is 3.74. The van der Waals surface area contributed by atoms with Crippen LogP contribution in [-0.4, -0.2) is 36.7 Å². The third-order valence-electron chi connectivity index (χ3n) is 3.74. The Morgan fingerprint density at radius 3 is 2.59 bits per heavy atom. The molecular weight excluding hydrogens is 278 g/mol. The van der Waals surface area contributed by atoms with Gasteiger partial charge in [0.1, 0.15) is 11.9 Å². The number of rotatable bonds is 6. The number of hydrogen-bond donors (Lipinski definition) is 1. The van der Waals surface area contributed by atoms with Gasteiger partial charge in [0.25, 0.3) is 5.91 Å². The highest BCUT2D eigenvalue weighted by Crippen LogP contribution is 2.19. The van der Waals surface area contributed by atoms with Gasteiger partial charge in [0.2, 0.25) is 0 Å². The molecule has 1 aliphatic heterocycles. The molecule has 2 rings (SSSR count). The maximum absolute atomic E-state index is 12.0. The molecule has 0 aliphatic carbocycles. The molecule has 0 saturated carbocycles. The minimum atomic E-state index is -0.454. The monoisotopic (exact) mass is 305 g/mol. The zero-order chi connectivity index (χ0) is 15.9. The molecule has 1 amide bonds. The molecular formula is C17H27N3O2. The fourth-order valence-electron chi connectivity index (χ4n) is 2.43. The summed E-state index contributed by atoms with van der Waals surface area (Å²) in [5.74, 6) is 1.27. The van der Waals surface area contributed by atoms with Gasteiger partial charge in [0.05, 0.1) is 11.9 Å². The zero-order valence-corrected chi connectivity index (χ0v) is 13.8. The fraction of sp³-hybridized carbons (Fsp3) is 0.647. The largest absolute Gasteiger partial charge is 0.368 e. The van der Waals surface area contributed by atoms with Crippen LogP contribution in [0, 0.1) is 5.92 Å². The van der Waals surface area contributed by atoms with Crippen LogP contribution in [0.2, 0.25) is 0 Å². The quantitative estimate of drug-likeness (QED) is 0.877. The first-order chi connectivity index (χ1) is 10.6. The molecule has 122 valence electrons. The summed E-state index contributed by atoms with van der Waals surface area (Å²) in [4.78, 5) is 18.8. The number of piperidine rings is 1. The van der Waals surface area contributed by atoms with Gasteiger partial charge in [0.15, 0.2) is 0 Å². The Morgan fingerprint density at radius 2 is 2.00 bits per heavy atom. The molecule has 22 heavy (non-hydrogen) atoms. The number of aromatic nitrogens is 1. The van der Waals surface area contributed by atoms with E-state index < -0.39 is 6.10 Å². The Bertz CT molecular complexity index is 467. The van der Waals surface area contributed by atoms with Crippen LogP contribution in [0.3, 0.4) is 0 Å². The fourth-order valence-corrected chi connectivity index (χ4v) is 2.43. The summed E-state index contributed by atoms with van der Waals surface area (Å²) < 4.78 is 5.52. The maximum atomic E-state index is 12.0. The average Bonchev–Trinajstić information content (AvgIpc) is 2.54. The van der Waals surface area contributed by atoms with Crippen LogP contribution < -0.4 is 10.2 Å². The first kappa shape index (κ1) is 16.7. The van der Waals surface area contributed by atoms with Gasteiger partial charge in [-0.2, -0.15) is 0 Å². The molecule has 0 spiro atoms. The highest BCUT2D eigenvalue weighted by molar-refractivity contribution is 5.93. The van der Waals surface area contributed by atoms with Gasteiger partial charge < -0.3 is 15.0 Å². The Labute approximate surface area is 133 Å². The smallest absolute Gasteiger partial charge is 0.253 e. The molecule has 1 aliphatic rings. The van der Waals surface area contributed by atoms with Gasteiger partial charge in [0, 0.05) is 19.7 Å². The van der Waals surface area contributed by atoms with Crippen molar-refractivity contribution >= 4 is 17.4 Å². The topological polar surface area (TPSA) is 54.5 Å². The zero-order valence-electron chi connectivity index (χ0n) is 13.8. The highest BCUT2D eigenvalue weighted by atomic mass is 16.5. The van der Waals surface area contributed by atoms with E-state index in [4.69, 9.17) is 4.74 Å². The van der Waals surface area contributed by atoms with Crippen LogP contribution in [0.5, 0.6) is 0 Å². The Morgan fingerprint density at radius 1 is 1.27 bits per heavy atom. The summed E-state index contributed by atoms with van der Waals surface area (Å²) in [5, 5.41) is 2.85. The van der Waals surface area contributed by atoms with Gasteiger partial charge in [-0.15, -0.1) is 0 Å². The third kappa shape index (κ3) is 4.98. The number of hydrogen-bond acceptors (Lipinski definition) is 4. The van der Waals surface area contributed by atoms with Gasteiger partial charge in [-0.1, -0.05) is 13.8 Å². The van der Waals surface area contributed by atoms with Crippen molar-refractivity contribution in [2.75, 3.05) is 29.9 Å². The number of anilines is 2. The standard InChI is InChI=1S/C17H27N3O2/c1-13(2)12-22-14(3)17(21)19-15-7-8-16(18-11-15)20-9-5-4-6-10-20/h7-8,11,13-14H,4-6,9-10,12H2,1-3H3,(H,19,21)/t14-/m0/s1. The summed E-state index contributed by atoms with van der Waals surface area (Å²) in [6.07, 6.45) is 5.02. The van der Waals surface area contributed by atoms with Crippen molar-refractivity contribution < 1.29 is 9.53 Å². The summed E-state index contributed by atoms with van der Waals surface area (Å²) in [5.41, 5.74) is 0.714. The Kier molecular flexibility index (Phi) is 6.19. The van der Waals surface area contributed by atoms with Crippen LogP contribution in [0.15, 0.2) is 18.3 Å². The molecule has 0 bridgehead atoms. The number of pyridine rings is 1. The second-order valence-corrected chi connectivity index (χ2v) is 6.31. The lowest BCUT2D eigenvalue weighted by Crippen LogP contribution is -2.30. The van der Waals surface area contributed by atoms with Crippen molar-refractivity contribution in [3.63, 3.8) is 0 Å². The molecule has 1 aromatic heterocycles. The molecule has 0 unspecified atom stereocenters. The SMILES string of the molecule is CC(C)CO[C@@H](C)C(=O)Nc1ccc(N2CCCCC2)nc1. The molecule has 1 N–H and O–H groups in total. The van der Waals surface area contributed by atoms with Gasteiger partial charge in [-0.3, -0.25) is 4.79 Å². The van der Waals surface area contributed by atoms with Crippen LogP contribution in [-0.2, 0) is 9.53 Å². The van der Waals surface area contributed by atoms with Gasteiger partial charge in [-0.25, -0.2) is 4.98 Å². The van der Waals surface area contributed by atoms with Gasteiger partial charge in [-0.05, 0) is 44.2 Å². The first-order valence-corrected chi connectivity index (χ1v) is 8.19. The van der Waals surface area contributed by atoms with Crippen molar-refractivity contribution in [3.8, 4) is 0 Å². The lowest BCUT2D eigenvalue weighted by molar-refractivity contribution is -0.126. The van der Waals surface area contributed by atoms with E-state index in [2.05, 4.69) is 29.0 Å². The van der Waals surface area contributed by atoms with E-state index in [1.165, 1.54) is 19.3 Å². The number of carbonyl (C=O) groups excluding carboxylic acids is 1. The van der Waals surface area contributed by atoms with E-state index in [0.29, 0.717) is 18.2 Å². The molecule has 1 atom stereocenters. The van der Waals surface area contributed by atoms with Crippen LogP contribution in [0.25, 0.3) is 0 Å². The molecule has 5 nitrogen and oxygen atoms in total. The number of nitrogens with zero attached hydrogens (tertiary/aromatic N) is 2. The maximum Gasteiger partial charge on any atom is 0.253 e. The molecule has 1 fully saturated rings. The molecule has 2 heterocycles. The van der Waals surface area contributed by atoms with Crippen molar-refractivity contribution in [1.82, 2.24) is 4.98 Å². The summed E-state index contributed by atoms with van der Waals surface area (Å²) in [7, 11) is 0. The van der Waals surface area contributed by atoms with E-state index in [-0.39, 0.29) is 5.91 Å². The van der Waals surface area contributed by atoms with E-state index in [0.717, 1.165) is 18.9 Å². The van der Waals surface area contributed by atoms with E-state index in [1.54, 1.807) is 13.1 Å². The molecule has 0 radical (unpaired) electrons. The van der Waals surface area contributed by atoms with Crippen molar-refractivity contribution in [3.05, 3.63) is 18.3 Å². The number of amides is 1. The van der Waals surface area contributed by atoms with Crippen LogP contribution in [0.1, 0.15) is 40.0 Å². The molecule has 1 aromatic rings. The van der Waals surface area contributed by atoms with Crippen LogP contribution in [0.4, 0.5) is 11.5 Å². The Balaban J connectivity index is 1.86. The van der Waals surface area contributed by atoms with Crippen molar-refractivity contribution in [1.29, 1.82) is 0 Å². The average molecular weight is 305 g/mol. The summed E-state index contributed by atoms with van der Waals surface area (Å²) >= 11 is 0. The van der Waals surface area contributed by atoms with E-state index in [9.17, 15) is 4.79 Å². The van der Waals surface area contributed by atoms with E-state index >= 15 is 0 Å². The minimum Gasteiger partial charge on any atom is -0.368 e. The second kappa shape index (κ2) is 8.13. The predicted octanol–water partition coefficient (Wildman–Crippen LogP) is 3.07. The van der Waals surface area contributed by atoms with Crippen molar-refractivity contribution in [2.24, 2.45) is 5.92 Å². The lowest BCUT2D eigenvalue weighted by Gasteiger charge is -2.27. The van der Waals surface area contributed by atoms with Crippen molar-refractivity contribution in [2.45, 2.75) is 46.1 Å². The van der Waals surface area contributed by atoms with E-state index in [1.807, 2.05) is 12.1 Å². The first-order valence-electron chi connectivity index (χ1n) is 8.19. The summed E-state index contributed by atoms with van der Waals surface area (Å²) in [6, 6.07) is 3.88. The second-order valence-electron chi connectivity index (χ2n) is 6.31. The highest BCUT2D eigenvalue weighted by Gasteiger charge is 2.15. The van der Waals surface area contributed by atoms with Gasteiger partial charge >= 0.3 is 0 Å². The lowest BCUT2D eigenvalue weighted by atomic mass is 10.1.